The van der Waals surface area contributed by atoms with Crippen LogP contribution in [0.25, 0.3) is 0 Å². The lowest BCUT2D eigenvalue weighted by molar-refractivity contribution is -0.112. The predicted octanol–water partition coefficient (Wildman–Crippen LogP) is 2.70. The monoisotopic (exact) mass is 327 g/mol. The van der Waals surface area contributed by atoms with Crippen molar-refractivity contribution < 1.29 is 9.90 Å². The Kier molecular flexibility index (Phi) is 6.03. The van der Waals surface area contributed by atoms with E-state index in [1.807, 2.05) is 0 Å². The van der Waals surface area contributed by atoms with E-state index >= 15 is 0 Å². The highest BCUT2D eigenvalue weighted by Crippen LogP contribution is 2.25. The second-order valence-electron chi connectivity index (χ2n) is 4.93. The van der Waals surface area contributed by atoms with Crippen molar-refractivity contribution in [3.63, 3.8) is 0 Å². The molecule has 0 spiro atoms. The van der Waals surface area contributed by atoms with E-state index in [1.54, 1.807) is 32.0 Å². The van der Waals surface area contributed by atoms with E-state index in [9.17, 15) is 4.79 Å². The first kappa shape index (κ1) is 17.3. The SMILES string of the molecule is CC(C)(CO)N/C=C(/C#N)C(=O)Nc1ccc(Cl)cc1Cl. The summed E-state index contributed by atoms with van der Waals surface area (Å²) in [7, 11) is 0. The minimum Gasteiger partial charge on any atom is -0.394 e. The summed E-state index contributed by atoms with van der Waals surface area (Å²) < 4.78 is 0. The topological polar surface area (TPSA) is 85.2 Å². The van der Waals surface area contributed by atoms with Crippen molar-refractivity contribution in [2.24, 2.45) is 0 Å². The number of nitriles is 1. The lowest BCUT2D eigenvalue weighted by atomic mass is 10.1. The van der Waals surface area contributed by atoms with E-state index in [2.05, 4.69) is 10.6 Å². The molecule has 1 amide bonds. The molecule has 0 aliphatic rings. The van der Waals surface area contributed by atoms with Crippen molar-refractivity contribution in [1.29, 1.82) is 5.26 Å². The van der Waals surface area contributed by atoms with Gasteiger partial charge in [0.05, 0.1) is 22.9 Å². The average Bonchev–Trinajstić information content (AvgIpc) is 2.42. The van der Waals surface area contributed by atoms with Crippen molar-refractivity contribution in [2.75, 3.05) is 11.9 Å². The van der Waals surface area contributed by atoms with Gasteiger partial charge < -0.3 is 15.7 Å². The maximum Gasteiger partial charge on any atom is 0.267 e. The van der Waals surface area contributed by atoms with Crippen molar-refractivity contribution in [1.82, 2.24) is 5.32 Å². The van der Waals surface area contributed by atoms with Gasteiger partial charge in [-0.1, -0.05) is 23.2 Å². The molecule has 1 aromatic rings. The van der Waals surface area contributed by atoms with Crippen molar-refractivity contribution in [3.8, 4) is 6.07 Å². The van der Waals surface area contributed by atoms with Gasteiger partial charge in [-0.2, -0.15) is 5.26 Å². The Morgan fingerprint density at radius 2 is 2.14 bits per heavy atom. The third-order valence-corrected chi connectivity index (χ3v) is 3.09. The van der Waals surface area contributed by atoms with E-state index in [0.717, 1.165) is 0 Å². The quantitative estimate of drug-likeness (QED) is 0.573. The number of aliphatic hydroxyl groups is 1. The number of halogens is 2. The number of aliphatic hydroxyl groups excluding tert-OH is 1. The summed E-state index contributed by atoms with van der Waals surface area (Å²) in [6.07, 6.45) is 1.26. The zero-order valence-electron chi connectivity index (χ0n) is 11.6. The Hall–Kier alpha value is -1.74. The van der Waals surface area contributed by atoms with Crippen LogP contribution in [0.15, 0.2) is 30.0 Å². The first-order valence-corrected chi connectivity index (χ1v) is 6.80. The molecule has 7 heteroatoms. The summed E-state index contributed by atoms with van der Waals surface area (Å²) in [6.45, 7) is 3.31. The molecule has 0 fully saturated rings. The number of rotatable bonds is 5. The van der Waals surface area contributed by atoms with Gasteiger partial charge in [-0.25, -0.2) is 0 Å². The zero-order valence-corrected chi connectivity index (χ0v) is 13.1. The Balaban J connectivity index is 2.85. The smallest absolute Gasteiger partial charge is 0.267 e. The highest BCUT2D eigenvalue weighted by Gasteiger charge is 2.16. The first-order chi connectivity index (χ1) is 9.79. The lowest BCUT2D eigenvalue weighted by Gasteiger charge is -2.22. The minimum absolute atomic E-state index is 0.137. The molecule has 0 saturated heterocycles. The molecule has 5 nitrogen and oxygen atoms in total. The van der Waals surface area contributed by atoms with Gasteiger partial charge in [-0.3, -0.25) is 4.79 Å². The highest BCUT2D eigenvalue weighted by atomic mass is 35.5. The molecule has 21 heavy (non-hydrogen) atoms. The summed E-state index contributed by atoms with van der Waals surface area (Å²) in [4.78, 5) is 12.0. The van der Waals surface area contributed by atoms with Crippen LogP contribution >= 0.6 is 23.2 Å². The minimum atomic E-state index is -0.639. The van der Waals surface area contributed by atoms with Crippen LogP contribution < -0.4 is 10.6 Å². The molecule has 0 bridgehead atoms. The third kappa shape index (κ3) is 5.27. The van der Waals surface area contributed by atoms with E-state index in [1.165, 1.54) is 12.3 Å². The van der Waals surface area contributed by atoms with E-state index in [-0.39, 0.29) is 17.2 Å². The molecule has 0 saturated carbocycles. The summed E-state index contributed by atoms with van der Waals surface area (Å²) in [5.74, 6) is -0.608. The average molecular weight is 328 g/mol. The first-order valence-electron chi connectivity index (χ1n) is 6.04. The maximum absolute atomic E-state index is 12.0. The molecule has 0 heterocycles. The Morgan fingerprint density at radius 1 is 1.48 bits per heavy atom. The number of anilines is 1. The third-order valence-electron chi connectivity index (χ3n) is 2.55. The molecule has 3 N–H and O–H groups in total. The molecule has 0 radical (unpaired) electrons. The zero-order chi connectivity index (χ0) is 16.0. The van der Waals surface area contributed by atoms with E-state index < -0.39 is 11.4 Å². The fourth-order valence-corrected chi connectivity index (χ4v) is 1.70. The number of benzene rings is 1. The molecule has 0 unspecified atom stereocenters. The molecule has 0 aliphatic heterocycles. The van der Waals surface area contributed by atoms with Crippen LogP contribution in [0.2, 0.25) is 10.0 Å². The van der Waals surface area contributed by atoms with Gasteiger partial charge in [0, 0.05) is 11.2 Å². The van der Waals surface area contributed by atoms with Crippen molar-refractivity contribution in [3.05, 3.63) is 40.0 Å². The van der Waals surface area contributed by atoms with Crippen LogP contribution in [0.3, 0.4) is 0 Å². The molecular formula is C14H15Cl2N3O2. The number of hydrogen-bond acceptors (Lipinski definition) is 4. The van der Waals surface area contributed by atoms with Gasteiger partial charge in [-0.05, 0) is 32.0 Å². The molecule has 0 atom stereocenters. The van der Waals surface area contributed by atoms with Gasteiger partial charge in [0.15, 0.2) is 0 Å². The summed E-state index contributed by atoms with van der Waals surface area (Å²) >= 11 is 11.7. The number of carbonyl (C=O) groups excluding carboxylic acids is 1. The molecule has 1 rings (SSSR count). The number of carbonyl (C=O) groups is 1. The van der Waals surface area contributed by atoms with Gasteiger partial charge in [0.1, 0.15) is 11.6 Å². The van der Waals surface area contributed by atoms with Crippen LogP contribution in [0, 0.1) is 11.3 Å². The number of nitrogens with zero attached hydrogens (tertiary/aromatic N) is 1. The molecule has 1 aromatic carbocycles. The van der Waals surface area contributed by atoms with Crippen LogP contribution in [0.1, 0.15) is 13.8 Å². The second-order valence-corrected chi connectivity index (χ2v) is 5.78. The van der Waals surface area contributed by atoms with Gasteiger partial charge in [0.25, 0.3) is 5.91 Å². The Morgan fingerprint density at radius 3 is 2.67 bits per heavy atom. The summed E-state index contributed by atoms with van der Waals surface area (Å²) in [5, 5.41) is 24.2. The molecule has 112 valence electrons. The van der Waals surface area contributed by atoms with Gasteiger partial charge in [-0.15, -0.1) is 0 Å². The Labute approximate surface area is 133 Å². The van der Waals surface area contributed by atoms with Gasteiger partial charge in [0.2, 0.25) is 0 Å². The summed E-state index contributed by atoms with van der Waals surface area (Å²) in [5.41, 5.74) is -0.420. The van der Waals surface area contributed by atoms with Crippen LogP contribution in [0.4, 0.5) is 5.69 Å². The number of amides is 1. The lowest BCUT2D eigenvalue weighted by Crippen LogP contribution is -2.39. The van der Waals surface area contributed by atoms with Crippen LogP contribution in [0.5, 0.6) is 0 Å². The van der Waals surface area contributed by atoms with Crippen LogP contribution in [-0.2, 0) is 4.79 Å². The standard InChI is InChI=1S/C14H15Cl2N3O2/c1-14(2,8-20)18-7-9(6-17)13(21)19-12-4-3-10(15)5-11(12)16/h3-5,7,18,20H,8H2,1-2H3,(H,19,21)/b9-7-. The fourth-order valence-electron chi connectivity index (χ4n) is 1.24. The normalized spacial score (nSPS) is 11.7. The fraction of sp³-hybridized carbons (Fsp3) is 0.286. The Bertz CT molecular complexity index is 607. The number of nitrogens with one attached hydrogen (secondary N) is 2. The summed E-state index contributed by atoms with van der Waals surface area (Å²) in [6, 6.07) is 6.39. The molecule has 0 aromatic heterocycles. The molecular weight excluding hydrogens is 313 g/mol. The van der Waals surface area contributed by atoms with E-state index in [4.69, 9.17) is 33.6 Å². The highest BCUT2D eigenvalue weighted by molar-refractivity contribution is 6.36. The van der Waals surface area contributed by atoms with Crippen molar-refractivity contribution in [2.45, 2.75) is 19.4 Å². The van der Waals surface area contributed by atoms with Crippen LogP contribution in [-0.4, -0.2) is 23.2 Å². The molecule has 0 aliphatic carbocycles. The van der Waals surface area contributed by atoms with Gasteiger partial charge >= 0.3 is 0 Å². The largest absolute Gasteiger partial charge is 0.394 e. The number of hydrogen-bond donors (Lipinski definition) is 3. The predicted molar refractivity (Wildman–Crippen MR) is 83.1 cm³/mol. The second kappa shape index (κ2) is 7.32. The van der Waals surface area contributed by atoms with Crippen molar-refractivity contribution >= 4 is 34.8 Å². The van der Waals surface area contributed by atoms with E-state index in [0.29, 0.717) is 10.7 Å². The maximum atomic E-state index is 12.0.